The van der Waals surface area contributed by atoms with Crippen LogP contribution in [0.3, 0.4) is 0 Å². The van der Waals surface area contributed by atoms with Crippen molar-refractivity contribution >= 4 is 5.97 Å². The van der Waals surface area contributed by atoms with Gasteiger partial charge in [-0.3, -0.25) is 4.90 Å². The summed E-state index contributed by atoms with van der Waals surface area (Å²) in [5, 5.41) is 0. The molecular weight excluding hydrogens is 161 g/mol. The summed E-state index contributed by atoms with van der Waals surface area (Å²) in [4.78, 5) is 12.7. The van der Waals surface area contributed by atoms with Gasteiger partial charge in [-0.15, -0.1) is 0 Å². The van der Waals surface area contributed by atoms with E-state index in [0.717, 1.165) is 19.4 Å². The fourth-order valence-corrected chi connectivity index (χ4v) is 1.58. The van der Waals surface area contributed by atoms with E-state index in [1.54, 1.807) is 0 Å². The Hall–Kier alpha value is -0.640. The van der Waals surface area contributed by atoms with Crippen molar-refractivity contribution in [1.29, 1.82) is 0 Å². The van der Waals surface area contributed by atoms with Gasteiger partial charge in [-0.1, -0.05) is 0 Å². The maximum atomic E-state index is 13.2. The first-order valence-electron chi connectivity index (χ1n) is 4.09. The first kappa shape index (κ1) is 9.45. The molecule has 1 heterocycles. The minimum absolute atomic E-state index is 0.280. The second-order valence-corrected chi connectivity index (χ2v) is 3.12. The molecule has 1 fully saturated rings. The van der Waals surface area contributed by atoms with Crippen LogP contribution in [-0.2, 0) is 9.53 Å². The summed E-state index contributed by atoms with van der Waals surface area (Å²) in [6, 6.07) is -0.280. The molecule has 12 heavy (non-hydrogen) atoms. The van der Waals surface area contributed by atoms with Crippen molar-refractivity contribution in [1.82, 2.24) is 4.90 Å². The van der Waals surface area contributed by atoms with Gasteiger partial charge in [0.05, 0.1) is 13.2 Å². The number of methoxy groups -OCH3 is 1. The van der Waals surface area contributed by atoms with E-state index in [1.165, 1.54) is 7.11 Å². The van der Waals surface area contributed by atoms with Crippen LogP contribution in [0.4, 0.5) is 4.39 Å². The maximum Gasteiger partial charge on any atom is 0.342 e. The van der Waals surface area contributed by atoms with Gasteiger partial charge in [-0.2, -0.15) is 0 Å². The van der Waals surface area contributed by atoms with Crippen molar-refractivity contribution < 1.29 is 13.9 Å². The zero-order valence-corrected chi connectivity index (χ0v) is 7.42. The molecule has 2 unspecified atom stereocenters. The summed E-state index contributed by atoms with van der Waals surface area (Å²) in [6.45, 7) is 0.863. The Morgan fingerprint density at radius 3 is 2.83 bits per heavy atom. The zero-order valence-electron chi connectivity index (χ0n) is 7.42. The van der Waals surface area contributed by atoms with Crippen molar-refractivity contribution in [2.24, 2.45) is 0 Å². The number of carbonyl (C=O) groups is 1. The van der Waals surface area contributed by atoms with Gasteiger partial charge in [0.1, 0.15) is 0 Å². The van der Waals surface area contributed by atoms with Gasteiger partial charge in [0.15, 0.2) is 0 Å². The van der Waals surface area contributed by atoms with Crippen LogP contribution < -0.4 is 0 Å². The number of likely N-dealkylation sites (tertiary alicyclic amines) is 1. The van der Waals surface area contributed by atoms with Gasteiger partial charge in [-0.25, -0.2) is 9.18 Å². The topological polar surface area (TPSA) is 29.5 Å². The summed E-state index contributed by atoms with van der Waals surface area (Å²) >= 11 is 0. The lowest BCUT2D eigenvalue weighted by atomic mass is 10.1. The summed E-state index contributed by atoms with van der Waals surface area (Å²) < 4.78 is 17.6. The monoisotopic (exact) mass is 175 g/mol. The SMILES string of the molecule is COC(=O)C(F)C1CCCN1C. The second kappa shape index (κ2) is 3.85. The molecule has 0 saturated carbocycles. The van der Waals surface area contributed by atoms with Crippen LogP contribution in [0.1, 0.15) is 12.8 Å². The Bertz CT molecular complexity index is 174. The van der Waals surface area contributed by atoms with Crippen LogP contribution in [0.25, 0.3) is 0 Å². The molecule has 0 bridgehead atoms. The molecule has 1 aliphatic heterocycles. The average Bonchev–Trinajstić information content (AvgIpc) is 2.48. The van der Waals surface area contributed by atoms with Crippen LogP contribution >= 0.6 is 0 Å². The van der Waals surface area contributed by atoms with E-state index >= 15 is 0 Å². The van der Waals surface area contributed by atoms with Crippen LogP contribution in [0.5, 0.6) is 0 Å². The highest BCUT2D eigenvalue weighted by Gasteiger charge is 2.34. The maximum absolute atomic E-state index is 13.2. The van der Waals surface area contributed by atoms with E-state index in [4.69, 9.17) is 0 Å². The largest absolute Gasteiger partial charge is 0.467 e. The van der Waals surface area contributed by atoms with Gasteiger partial charge in [0.2, 0.25) is 6.17 Å². The van der Waals surface area contributed by atoms with Gasteiger partial charge in [-0.05, 0) is 26.4 Å². The number of alkyl halides is 1. The number of esters is 1. The van der Waals surface area contributed by atoms with Crippen molar-refractivity contribution in [2.75, 3.05) is 20.7 Å². The minimum Gasteiger partial charge on any atom is -0.467 e. The standard InChI is InChI=1S/C8H14FNO2/c1-10-5-3-4-6(10)7(9)8(11)12-2/h6-7H,3-5H2,1-2H3. The number of nitrogens with zero attached hydrogens (tertiary/aromatic N) is 1. The Morgan fingerprint density at radius 2 is 2.42 bits per heavy atom. The highest BCUT2D eigenvalue weighted by atomic mass is 19.1. The summed E-state index contributed by atoms with van der Waals surface area (Å²) in [5.74, 6) is -0.756. The fraction of sp³-hybridized carbons (Fsp3) is 0.875. The quantitative estimate of drug-likeness (QED) is 0.575. The fourth-order valence-electron chi connectivity index (χ4n) is 1.58. The molecule has 0 aromatic heterocycles. The zero-order chi connectivity index (χ0) is 9.14. The number of rotatable bonds is 2. The minimum atomic E-state index is -1.48. The molecule has 1 saturated heterocycles. The Kier molecular flexibility index (Phi) is 3.03. The third-order valence-electron chi connectivity index (χ3n) is 2.34. The van der Waals surface area contributed by atoms with Crippen LogP contribution in [0, 0.1) is 0 Å². The highest BCUT2D eigenvalue weighted by Crippen LogP contribution is 2.20. The molecule has 0 N–H and O–H groups in total. The van der Waals surface area contributed by atoms with Crippen molar-refractivity contribution in [2.45, 2.75) is 25.1 Å². The summed E-state index contributed by atoms with van der Waals surface area (Å²) in [6.07, 6.45) is 0.216. The third kappa shape index (κ3) is 1.75. The van der Waals surface area contributed by atoms with Gasteiger partial charge in [0.25, 0.3) is 0 Å². The molecule has 1 rings (SSSR count). The van der Waals surface area contributed by atoms with Crippen LogP contribution in [-0.4, -0.2) is 43.8 Å². The highest BCUT2D eigenvalue weighted by molar-refractivity contribution is 5.75. The molecule has 0 spiro atoms. The molecule has 0 radical (unpaired) electrons. The van der Waals surface area contributed by atoms with Crippen molar-refractivity contribution in [3.63, 3.8) is 0 Å². The van der Waals surface area contributed by atoms with Gasteiger partial charge < -0.3 is 4.74 Å². The number of halogens is 1. The van der Waals surface area contributed by atoms with Crippen LogP contribution in [0.2, 0.25) is 0 Å². The molecule has 4 heteroatoms. The number of hydrogen-bond acceptors (Lipinski definition) is 3. The average molecular weight is 175 g/mol. The molecule has 3 nitrogen and oxygen atoms in total. The van der Waals surface area contributed by atoms with Gasteiger partial charge in [0, 0.05) is 0 Å². The molecule has 0 aromatic rings. The molecule has 2 atom stereocenters. The Balaban J connectivity index is 2.51. The normalized spacial score (nSPS) is 27.1. The first-order chi connectivity index (χ1) is 5.66. The van der Waals surface area contributed by atoms with E-state index in [0.29, 0.717) is 0 Å². The third-order valence-corrected chi connectivity index (χ3v) is 2.34. The predicted octanol–water partition coefficient (Wildman–Crippen LogP) is 0.592. The lowest BCUT2D eigenvalue weighted by Crippen LogP contribution is -2.39. The summed E-state index contributed by atoms with van der Waals surface area (Å²) in [7, 11) is 3.04. The lowest BCUT2D eigenvalue weighted by molar-refractivity contribution is -0.148. The number of hydrogen-bond donors (Lipinski definition) is 0. The first-order valence-corrected chi connectivity index (χ1v) is 4.09. The van der Waals surface area contributed by atoms with E-state index in [-0.39, 0.29) is 6.04 Å². The second-order valence-electron chi connectivity index (χ2n) is 3.12. The van der Waals surface area contributed by atoms with Crippen molar-refractivity contribution in [3.8, 4) is 0 Å². The smallest absolute Gasteiger partial charge is 0.342 e. The van der Waals surface area contributed by atoms with Crippen LogP contribution in [0.15, 0.2) is 0 Å². The molecule has 1 aliphatic rings. The summed E-state index contributed by atoms with van der Waals surface area (Å²) in [5.41, 5.74) is 0. The number of ether oxygens (including phenoxy) is 1. The molecule has 70 valence electrons. The van der Waals surface area contributed by atoms with Crippen molar-refractivity contribution in [3.05, 3.63) is 0 Å². The van der Waals surface area contributed by atoms with E-state index in [1.807, 2.05) is 11.9 Å². The molecule has 0 aliphatic carbocycles. The van der Waals surface area contributed by atoms with E-state index < -0.39 is 12.1 Å². The lowest BCUT2D eigenvalue weighted by Gasteiger charge is -2.21. The number of carbonyl (C=O) groups excluding carboxylic acids is 1. The Morgan fingerprint density at radius 1 is 1.75 bits per heavy atom. The van der Waals surface area contributed by atoms with Gasteiger partial charge >= 0.3 is 5.97 Å². The van der Waals surface area contributed by atoms with E-state index in [9.17, 15) is 9.18 Å². The van der Waals surface area contributed by atoms with E-state index in [2.05, 4.69) is 4.74 Å². The molecular formula is C8H14FNO2. The molecule has 0 amide bonds. The predicted molar refractivity (Wildman–Crippen MR) is 42.6 cm³/mol. The Labute approximate surface area is 71.5 Å². The molecule has 0 aromatic carbocycles.